The van der Waals surface area contributed by atoms with Crippen molar-refractivity contribution in [3.05, 3.63) is 69.3 Å². The summed E-state index contributed by atoms with van der Waals surface area (Å²) in [5.74, 6) is 0.429. The summed E-state index contributed by atoms with van der Waals surface area (Å²) in [5.41, 5.74) is 1.51. The average molecular weight is 348 g/mol. The third-order valence-electron chi connectivity index (χ3n) is 3.21. The van der Waals surface area contributed by atoms with E-state index < -0.39 is 5.97 Å². The number of halogens is 2. The molecule has 6 heteroatoms. The molecule has 0 atom stereocenters. The molecule has 0 saturated carbocycles. The number of carbonyl (C=O) groups is 1. The standard InChI is InChI=1S/C17H11Cl2NO3/c1-22-13-6-3-10(4-7-13)16-20-15(17(21)23-16)8-11-2-5-12(18)9-14(11)19/h2-9H,1H3/b15-8+. The molecule has 116 valence electrons. The van der Waals surface area contributed by atoms with Gasteiger partial charge in [-0.2, -0.15) is 0 Å². The molecule has 0 bridgehead atoms. The Morgan fingerprint density at radius 1 is 1.13 bits per heavy atom. The molecule has 2 aromatic carbocycles. The number of aliphatic imine (C=N–C) groups is 1. The van der Waals surface area contributed by atoms with Gasteiger partial charge < -0.3 is 9.47 Å². The van der Waals surface area contributed by atoms with E-state index in [2.05, 4.69) is 4.99 Å². The molecule has 23 heavy (non-hydrogen) atoms. The maximum Gasteiger partial charge on any atom is 0.363 e. The monoisotopic (exact) mass is 347 g/mol. The number of rotatable bonds is 3. The molecule has 2 aromatic rings. The van der Waals surface area contributed by atoms with E-state index in [9.17, 15) is 4.79 Å². The Kier molecular flexibility index (Phi) is 4.37. The molecule has 0 amide bonds. The lowest BCUT2D eigenvalue weighted by Gasteiger charge is -2.01. The Balaban J connectivity index is 1.92. The first-order chi connectivity index (χ1) is 11.1. The van der Waals surface area contributed by atoms with Crippen LogP contribution in [0, 0.1) is 0 Å². The van der Waals surface area contributed by atoms with Crippen LogP contribution in [0.2, 0.25) is 10.0 Å². The zero-order chi connectivity index (χ0) is 16.4. The van der Waals surface area contributed by atoms with Gasteiger partial charge in [0.05, 0.1) is 7.11 Å². The third kappa shape index (κ3) is 3.38. The number of nitrogens with zero attached hydrogens (tertiary/aromatic N) is 1. The lowest BCUT2D eigenvalue weighted by molar-refractivity contribution is -0.129. The molecular weight excluding hydrogens is 337 g/mol. The Labute approximate surface area is 143 Å². The zero-order valence-corrected chi connectivity index (χ0v) is 13.6. The summed E-state index contributed by atoms with van der Waals surface area (Å²) in [4.78, 5) is 16.2. The molecule has 1 aliphatic rings. The smallest absolute Gasteiger partial charge is 0.363 e. The molecule has 0 spiro atoms. The first-order valence-corrected chi connectivity index (χ1v) is 7.44. The van der Waals surface area contributed by atoms with Gasteiger partial charge in [-0.1, -0.05) is 29.3 Å². The summed E-state index contributed by atoms with van der Waals surface area (Å²) in [6, 6.07) is 12.1. The van der Waals surface area contributed by atoms with Crippen LogP contribution < -0.4 is 4.74 Å². The van der Waals surface area contributed by atoms with Gasteiger partial charge in [0.25, 0.3) is 0 Å². The predicted octanol–water partition coefficient (Wildman–Crippen LogP) is 4.35. The van der Waals surface area contributed by atoms with Crippen molar-refractivity contribution >= 4 is 41.1 Å². The fourth-order valence-corrected chi connectivity index (χ4v) is 2.50. The van der Waals surface area contributed by atoms with Crippen LogP contribution in [0.25, 0.3) is 6.08 Å². The van der Waals surface area contributed by atoms with Gasteiger partial charge in [-0.05, 0) is 48.0 Å². The van der Waals surface area contributed by atoms with E-state index in [-0.39, 0.29) is 11.6 Å². The van der Waals surface area contributed by atoms with E-state index in [1.54, 1.807) is 55.7 Å². The second-order valence-corrected chi connectivity index (χ2v) is 5.57. The van der Waals surface area contributed by atoms with Crippen LogP contribution in [0.3, 0.4) is 0 Å². The summed E-state index contributed by atoms with van der Waals surface area (Å²) in [5, 5.41) is 0.958. The van der Waals surface area contributed by atoms with Crippen LogP contribution in [-0.2, 0) is 9.53 Å². The third-order valence-corrected chi connectivity index (χ3v) is 3.77. The van der Waals surface area contributed by atoms with Gasteiger partial charge >= 0.3 is 5.97 Å². The molecule has 0 unspecified atom stereocenters. The topological polar surface area (TPSA) is 47.9 Å². The van der Waals surface area contributed by atoms with E-state index in [4.69, 9.17) is 32.7 Å². The fourth-order valence-electron chi connectivity index (χ4n) is 2.03. The van der Waals surface area contributed by atoms with Crippen LogP contribution in [0.1, 0.15) is 11.1 Å². The van der Waals surface area contributed by atoms with Crippen molar-refractivity contribution in [1.29, 1.82) is 0 Å². The summed E-state index contributed by atoms with van der Waals surface area (Å²) >= 11 is 12.0. The lowest BCUT2D eigenvalue weighted by atomic mass is 10.2. The van der Waals surface area contributed by atoms with Gasteiger partial charge in [0.15, 0.2) is 5.70 Å². The molecule has 0 aliphatic carbocycles. The number of hydrogen-bond acceptors (Lipinski definition) is 4. The number of carbonyl (C=O) groups excluding carboxylic acids is 1. The number of esters is 1. The van der Waals surface area contributed by atoms with Gasteiger partial charge in [-0.15, -0.1) is 0 Å². The second kappa shape index (κ2) is 6.44. The van der Waals surface area contributed by atoms with Gasteiger partial charge in [0.2, 0.25) is 5.90 Å². The zero-order valence-electron chi connectivity index (χ0n) is 12.0. The van der Waals surface area contributed by atoms with Crippen LogP contribution >= 0.6 is 23.2 Å². The largest absolute Gasteiger partial charge is 0.497 e. The number of hydrogen-bond donors (Lipinski definition) is 0. The summed E-state index contributed by atoms with van der Waals surface area (Å²) in [7, 11) is 1.58. The highest BCUT2D eigenvalue weighted by Crippen LogP contribution is 2.26. The van der Waals surface area contributed by atoms with E-state index in [0.717, 1.165) is 0 Å². The van der Waals surface area contributed by atoms with Crippen molar-refractivity contribution in [2.45, 2.75) is 0 Å². The van der Waals surface area contributed by atoms with Crippen molar-refractivity contribution in [2.24, 2.45) is 4.99 Å². The van der Waals surface area contributed by atoms with E-state index in [1.807, 2.05) is 0 Å². The summed E-state index contributed by atoms with van der Waals surface area (Å²) in [6.07, 6.45) is 1.57. The molecule has 1 heterocycles. The van der Waals surface area contributed by atoms with Crippen molar-refractivity contribution in [3.8, 4) is 5.75 Å². The van der Waals surface area contributed by atoms with Crippen molar-refractivity contribution < 1.29 is 14.3 Å². The highest BCUT2D eigenvalue weighted by molar-refractivity contribution is 6.35. The molecule has 1 aliphatic heterocycles. The van der Waals surface area contributed by atoms with Crippen LogP contribution in [0.5, 0.6) is 5.75 Å². The van der Waals surface area contributed by atoms with Gasteiger partial charge in [0, 0.05) is 15.6 Å². The van der Waals surface area contributed by atoms with Gasteiger partial charge in [0.1, 0.15) is 5.75 Å². The highest BCUT2D eigenvalue weighted by atomic mass is 35.5. The number of methoxy groups -OCH3 is 1. The summed E-state index contributed by atoms with van der Waals surface area (Å²) < 4.78 is 10.3. The molecule has 0 saturated heterocycles. The van der Waals surface area contributed by atoms with Crippen LogP contribution in [0.15, 0.2) is 53.2 Å². The minimum Gasteiger partial charge on any atom is -0.497 e. The molecular formula is C17H11Cl2NO3. The highest BCUT2D eigenvalue weighted by Gasteiger charge is 2.24. The van der Waals surface area contributed by atoms with Gasteiger partial charge in [-0.3, -0.25) is 0 Å². The van der Waals surface area contributed by atoms with Gasteiger partial charge in [-0.25, -0.2) is 9.79 Å². The molecule has 4 nitrogen and oxygen atoms in total. The molecule has 0 radical (unpaired) electrons. The normalized spacial score (nSPS) is 15.5. The Bertz CT molecular complexity index is 826. The first kappa shape index (κ1) is 15.6. The molecule has 0 N–H and O–H groups in total. The average Bonchev–Trinajstić information content (AvgIpc) is 2.91. The SMILES string of the molecule is COc1ccc(C2=N/C(=C/c3ccc(Cl)cc3Cl)C(=O)O2)cc1. The number of ether oxygens (including phenoxy) is 2. The Morgan fingerprint density at radius 3 is 2.52 bits per heavy atom. The van der Waals surface area contributed by atoms with Crippen molar-refractivity contribution in [2.75, 3.05) is 7.11 Å². The molecule has 0 fully saturated rings. The predicted molar refractivity (Wildman–Crippen MR) is 90.1 cm³/mol. The summed E-state index contributed by atoms with van der Waals surface area (Å²) in [6.45, 7) is 0. The fraction of sp³-hybridized carbons (Fsp3) is 0.0588. The molecule has 0 aromatic heterocycles. The maximum atomic E-state index is 12.0. The maximum absolute atomic E-state index is 12.0. The van der Waals surface area contributed by atoms with Crippen molar-refractivity contribution in [1.82, 2.24) is 0 Å². The quantitative estimate of drug-likeness (QED) is 0.612. The van der Waals surface area contributed by atoms with Crippen LogP contribution in [0.4, 0.5) is 0 Å². The lowest BCUT2D eigenvalue weighted by Crippen LogP contribution is -2.05. The minimum absolute atomic E-state index is 0.181. The Hall–Kier alpha value is -2.30. The number of benzene rings is 2. The second-order valence-electron chi connectivity index (χ2n) is 4.73. The van der Waals surface area contributed by atoms with Crippen molar-refractivity contribution in [3.63, 3.8) is 0 Å². The minimum atomic E-state index is -0.526. The number of cyclic esters (lactones) is 1. The van der Waals surface area contributed by atoms with E-state index >= 15 is 0 Å². The Morgan fingerprint density at radius 2 is 1.87 bits per heavy atom. The van der Waals surface area contributed by atoms with E-state index in [1.165, 1.54) is 0 Å². The van der Waals surface area contributed by atoms with Crippen LogP contribution in [-0.4, -0.2) is 19.0 Å². The first-order valence-electron chi connectivity index (χ1n) is 6.69. The van der Waals surface area contributed by atoms with E-state index in [0.29, 0.717) is 26.9 Å². The molecule has 3 rings (SSSR count).